The SMILES string of the molecule is CN(C)c1nc(NN)nc(N2CCCNC(=O)C2)n1. The quantitative estimate of drug-likeness (QED) is 0.450. The molecule has 0 spiro atoms. The first-order chi connectivity index (χ1) is 9.10. The average Bonchev–Trinajstić information content (AvgIpc) is 2.62. The minimum Gasteiger partial charge on any atom is -0.354 e. The molecule has 1 aliphatic rings. The number of nitrogens with two attached hydrogens (primary N) is 1. The van der Waals surface area contributed by atoms with Crippen LogP contribution in [-0.4, -0.2) is 54.6 Å². The first-order valence-corrected chi connectivity index (χ1v) is 6.02. The molecule has 4 N–H and O–H groups in total. The molecular weight excluding hydrogens is 248 g/mol. The lowest BCUT2D eigenvalue weighted by molar-refractivity contribution is -0.119. The molecule has 2 rings (SSSR count). The monoisotopic (exact) mass is 266 g/mol. The number of hydrogen-bond donors (Lipinski definition) is 3. The average molecular weight is 266 g/mol. The van der Waals surface area contributed by atoms with Gasteiger partial charge < -0.3 is 15.1 Å². The molecule has 1 aromatic heterocycles. The molecular formula is C10H18N8O. The van der Waals surface area contributed by atoms with Crippen LogP contribution in [-0.2, 0) is 4.79 Å². The van der Waals surface area contributed by atoms with Gasteiger partial charge in [-0.15, -0.1) is 0 Å². The van der Waals surface area contributed by atoms with Crippen molar-refractivity contribution >= 4 is 23.8 Å². The van der Waals surface area contributed by atoms with Gasteiger partial charge in [0.1, 0.15) is 0 Å². The Morgan fingerprint density at radius 1 is 1.37 bits per heavy atom. The lowest BCUT2D eigenvalue weighted by atomic mass is 10.4. The minimum atomic E-state index is -0.0356. The highest BCUT2D eigenvalue weighted by Gasteiger charge is 2.19. The summed E-state index contributed by atoms with van der Waals surface area (Å²) in [5, 5.41) is 2.81. The van der Waals surface area contributed by atoms with Crippen LogP contribution in [0.25, 0.3) is 0 Å². The molecule has 1 fully saturated rings. The largest absolute Gasteiger partial charge is 0.354 e. The number of aromatic nitrogens is 3. The molecule has 1 aromatic rings. The predicted octanol–water partition coefficient (Wildman–Crippen LogP) is -1.45. The fourth-order valence-corrected chi connectivity index (χ4v) is 1.74. The summed E-state index contributed by atoms with van der Waals surface area (Å²) in [5.74, 6) is 6.53. The lowest BCUT2D eigenvalue weighted by Crippen LogP contribution is -2.34. The van der Waals surface area contributed by atoms with E-state index in [4.69, 9.17) is 5.84 Å². The van der Waals surface area contributed by atoms with Gasteiger partial charge in [0.2, 0.25) is 23.8 Å². The van der Waals surface area contributed by atoms with Crippen molar-refractivity contribution in [1.29, 1.82) is 0 Å². The van der Waals surface area contributed by atoms with Crippen molar-refractivity contribution in [3.05, 3.63) is 0 Å². The summed E-state index contributed by atoms with van der Waals surface area (Å²) < 4.78 is 0. The van der Waals surface area contributed by atoms with Gasteiger partial charge in [-0.1, -0.05) is 0 Å². The third-order valence-electron chi connectivity index (χ3n) is 2.69. The molecule has 0 atom stereocenters. The maximum absolute atomic E-state index is 11.6. The van der Waals surface area contributed by atoms with Crippen LogP contribution in [0.4, 0.5) is 17.8 Å². The van der Waals surface area contributed by atoms with E-state index in [2.05, 4.69) is 25.7 Å². The molecule has 104 valence electrons. The highest BCUT2D eigenvalue weighted by Crippen LogP contribution is 2.15. The highest BCUT2D eigenvalue weighted by atomic mass is 16.2. The van der Waals surface area contributed by atoms with Gasteiger partial charge in [-0.2, -0.15) is 15.0 Å². The van der Waals surface area contributed by atoms with Crippen molar-refractivity contribution in [1.82, 2.24) is 20.3 Å². The van der Waals surface area contributed by atoms with Crippen LogP contribution in [0, 0.1) is 0 Å². The summed E-state index contributed by atoms with van der Waals surface area (Å²) in [6.45, 7) is 1.61. The molecule has 0 aromatic carbocycles. The zero-order valence-electron chi connectivity index (χ0n) is 11.1. The van der Waals surface area contributed by atoms with Gasteiger partial charge in [0.15, 0.2) is 0 Å². The van der Waals surface area contributed by atoms with E-state index >= 15 is 0 Å². The number of nitrogens with zero attached hydrogens (tertiary/aromatic N) is 5. The number of amides is 1. The molecule has 9 nitrogen and oxygen atoms in total. The van der Waals surface area contributed by atoms with Crippen molar-refractivity contribution < 1.29 is 4.79 Å². The molecule has 1 amide bonds. The molecule has 0 saturated carbocycles. The Balaban J connectivity index is 2.31. The number of hydrazine groups is 1. The number of anilines is 3. The molecule has 9 heteroatoms. The molecule has 0 aliphatic carbocycles. The topological polar surface area (TPSA) is 112 Å². The normalized spacial score (nSPS) is 15.7. The van der Waals surface area contributed by atoms with Gasteiger partial charge in [-0.3, -0.25) is 10.2 Å². The summed E-state index contributed by atoms with van der Waals surface area (Å²) in [6, 6.07) is 0. The van der Waals surface area contributed by atoms with Gasteiger partial charge in [0.25, 0.3) is 0 Å². The van der Waals surface area contributed by atoms with E-state index in [1.54, 1.807) is 4.90 Å². The Morgan fingerprint density at radius 3 is 2.84 bits per heavy atom. The highest BCUT2D eigenvalue weighted by molar-refractivity contribution is 5.81. The Hall–Kier alpha value is -2.16. The standard InChI is InChI=1S/C10H18N8O/c1-17(2)9-13-8(16-11)14-10(15-9)18-5-3-4-12-7(19)6-18/h3-6,11H2,1-2H3,(H,12,19)(H,13,14,15,16). The number of nitrogen functional groups attached to an aromatic ring is 1. The van der Waals surface area contributed by atoms with Crippen LogP contribution < -0.4 is 26.4 Å². The van der Waals surface area contributed by atoms with Gasteiger partial charge in [0, 0.05) is 27.2 Å². The molecule has 2 heterocycles. The van der Waals surface area contributed by atoms with Crippen molar-refractivity contribution in [3.8, 4) is 0 Å². The van der Waals surface area contributed by atoms with Crippen LogP contribution in [0.1, 0.15) is 6.42 Å². The van der Waals surface area contributed by atoms with Crippen molar-refractivity contribution in [2.75, 3.05) is 49.0 Å². The van der Waals surface area contributed by atoms with Crippen molar-refractivity contribution in [2.24, 2.45) is 5.84 Å². The maximum atomic E-state index is 11.6. The Labute approximate surface area is 111 Å². The van der Waals surface area contributed by atoms with E-state index in [9.17, 15) is 4.79 Å². The van der Waals surface area contributed by atoms with Gasteiger partial charge in [-0.05, 0) is 6.42 Å². The lowest BCUT2D eigenvalue weighted by Gasteiger charge is -2.21. The molecule has 19 heavy (non-hydrogen) atoms. The maximum Gasteiger partial charge on any atom is 0.243 e. The molecule has 0 bridgehead atoms. The number of rotatable bonds is 3. The molecule has 1 saturated heterocycles. The summed E-state index contributed by atoms with van der Waals surface area (Å²) in [5.41, 5.74) is 2.41. The number of carbonyl (C=O) groups is 1. The van der Waals surface area contributed by atoms with E-state index in [0.29, 0.717) is 25.0 Å². The Morgan fingerprint density at radius 2 is 2.16 bits per heavy atom. The fourth-order valence-electron chi connectivity index (χ4n) is 1.74. The Bertz CT molecular complexity index is 463. The van der Waals surface area contributed by atoms with E-state index < -0.39 is 0 Å². The first-order valence-electron chi connectivity index (χ1n) is 6.02. The number of carbonyl (C=O) groups excluding carboxylic acids is 1. The summed E-state index contributed by atoms with van der Waals surface area (Å²) >= 11 is 0. The molecule has 0 unspecified atom stereocenters. The summed E-state index contributed by atoms with van der Waals surface area (Å²) in [6.07, 6.45) is 0.847. The van der Waals surface area contributed by atoms with Crippen LogP contribution in [0.15, 0.2) is 0 Å². The first kappa shape index (κ1) is 13.3. The molecule has 1 aliphatic heterocycles. The van der Waals surface area contributed by atoms with E-state index in [-0.39, 0.29) is 18.4 Å². The number of hydrogen-bond acceptors (Lipinski definition) is 8. The van der Waals surface area contributed by atoms with Crippen LogP contribution >= 0.6 is 0 Å². The summed E-state index contributed by atoms with van der Waals surface area (Å²) in [4.78, 5) is 27.8. The van der Waals surface area contributed by atoms with Crippen molar-refractivity contribution in [2.45, 2.75) is 6.42 Å². The van der Waals surface area contributed by atoms with Crippen LogP contribution in [0.5, 0.6) is 0 Å². The molecule has 0 radical (unpaired) electrons. The van der Waals surface area contributed by atoms with Crippen molar-refractivity contribution in [3.63, 3.8) is 0 Å². The van der Waals surface area contributed by atoms with Gasteiger partial charge >= 0.3 is 0 Å². The Kier molecular flexibility index (Phi) is 3.95. The van der Waals surface area contributed by atoms with E-state index in [1.807, 2.05) is 19.0 Å². The van der Waals surface area contributed by atoms with Gasteiger partial charge in [0.05, 0.1) is 6.54 Å². The third-order valence-corrected chi connectivity index (χ3v) is 2.69. The minimum absolute atomic E-state index is 0.0356. The zero-order chi connectivity index (χ0) is 13.8. The zero-order valence-corrected chi connectivity index (χ0v) is 11.1. The third kappa shape index (κ3) is 3.19. The number of nitrogens with one attached hydrogen (secondary N) is 2. The van der Waals surface area contributed by atoms with Crippen LogP contribution in [0.2, 0.25) is 0 Å². The van der Waals surface area contributed by atoms with Gasteiger partial charge in [-0.25, -0.2) is 5.84 Å². The van der Waals surface area contributed by atoms with E-state index in [1.165, 1.54) is 0 Å². The second-order valence-electron chi connectivity index (χ2n) is 4.42. The second kappa shape index (κ2) is 5.65. The second-order valence-corrected chi connectivity index (χ2v) is 4.42. The summed E-state index contributed by atoms with van der Waals surface area (Å²) in [7, 11) is 3.66. The van der Waals surface area contributed by atoms with Crippen LogP contribution in [0.3, 0.4) is 0 Å². The smallest absolute Gasteiger partial charge is 0.243 e. The van der Waals surface area contributed by atoms with E-state index in [0.717, 1.165) is 6.42 Å². The fraction of sp³-hybridized carbons (Fsp3) is 0.600. The predicted molar refractivity (Wildman–Crippen MR) is 71.8 cm³/mol.